The summed E-state index contributed by atoms with van der Waals surface area (Å²) in [5, 5.41) is 5.21. The Balaban J connectivity index is 1.88. The van der Waals surface area contributed by atoms with Crippen LogP contribution in [0.15, 0.2) is 53.4 Å². The van der Waals surface area contributed by atoms with Crippen LogP contribution in [0.3, 0.4) is 0 Å². The number of hydrogen-bond acceptors (Lipinski definition) is 5. The molecule has 1 fully saturated rings. The standard InChI is InChI=1S/C20H24N2O4S/c1-26-20(23)18-14-17(27(21,24)25)9-10-19(18)22-12-5-8-16(11-13-22)15-6-3-2-4-7-15/h2-4,6-7,9-10,14,16H,5,8,11-13H2,1H3,(H2,21,24,25). The number of carbonyl (C=O) groups excluding carboxylic acids is 1. The van der Waals surface area contributed by atoms with Crippen molar-refractivity contribution >= 4 is 21.7 Å². The zero-order valence-corrected chi connectivity index (χ0v) is 16.1. The molecule has 27 heavy (non-hydrogen) atoms. The van der Waals surface area contributed by atoms with Gasteiger partial charge in [-0.15, -0.1) is 0 Å². The third-order valence-electron chi connectivity index (χ3n) is 5.04. The lowest BCUT2D eigenvalue weighted by Gasteiger charge is -2.25. The fourth-order valence-electron chi connectivity index (χ4n) is 3.64. The van der Waals surface area contributed by atoms with Crippen LogP contribution >= 0.6 is 0 Å². The van der Waals surface area contributed by atoms with E-state index in [0.717, 1.165) is 32.4 Å². The number of sulfonamides is 1. The molecule has 2 N–H and O–H groups in total. The number of carbonyl (C=O) groups is 1. The Morgan fingerprint density at radius 3 is 2.52 bits per heavy atom. The molecule has 144 valence electrons. The van der Waals surface area contributed by atoms with E-state index in [0.29, 0.717) is 11.6 Å². The predicted molar refractivity (Wildman–Crippen MR) is 104 cm³/mol. The molecule has 1 aliphatic rings. The fourth-order valence-corrected chi connectivity index (χ4v) is 4.18. The first-order valence-electron chi connectivity index (χ1n) is 8.95. The number of benzene rings is 2. The zero-order chi connectivity index (χ0) is 19.4. The molecule has 0 aromatic heterocycles. The van der Waals surface area contributed by atoms with E-state index in [1.807, 2.05) is 6.07 Å². The number of nitrogens with zero attached hydrogens (tertiary/aromatic N) is 1. The van der Waals surface area contributed by atoms with Crippen LogP contribution in [0.1, 0.15) is 41.1 Å². The van der Waals surface area contributed by atoms with E-state index in [1.165, 1.54) is 24.8 Å². The minimum Gasteiger partial charge on any atom is -0.465 e. The van der Waals surface area contributed by atoms with E-state index < -0.39 is 16.0 Å². The average molecular weight is 388 g/mol. The Morgan fingerprint density at radius 2 is 1.85 bits per heavy atom. The Bertz CT molecular complexity index is 913. The van der Waals surface area contributed by atoms with Crippen molar-refractivity contribution in [2.45, 2.75) is 30.1 Å². The van der Waals surface area contributed by atoms with E-state index in [-0.39, 0.29) is 10.5 Å². The van der Waals surface area contributed by atoms with Gasteiger partial charge in [-0.05, 0) is 48.9 Å². The molecule has 1 unspecified atom stereocenters. The highest BCUT2D eigenvalue weighted by molar-refractivity contribution is 7.89. The minimum absolute atomic E-state index is 0.0939. The molecular weight excluding hydrogens is 364 g/mol. The Morgan fingerprint density at radius 1 is 1.11 bits per heavy atom. The molecule has 1 aliphatic heterocycles. The van der Waals surface area contributed by atoms with Crippen molar-refractivity contribution < 1.29 is 17.9 Å². The molecule has 0 bridgehead atoms. The van der Waals surface area contributed by atoms with Gasteiger partial charge in [0.15, 0.2) is 0 Å². The number of methoxy groups -OCH3 is 1. The summed E-state index contributed by atoms with van der Waals surface area (Å²) in [6.45, 7) is 1.57. The molecule has 1 heterocycles. The smallest absolute Gasteiger partial charge is 0.340 e. The van der Waals surface area contributed by atoms with Gasteiger partial charge in [0.25, 0.3) is 0 Å². The van der Waals surface area contributed by atoms with E-state index in [2.05, 4.69) is 29.2 Å². The van der Waals surface area contributed by atoms with Gasteiger partial charge in [0.05, 0.1) is 23.3 Å². The lowest BCUT2D eigenvalue weighted by molar-refractivity contribution is 0.0601. The van der Waals surface area contributed by atoms with Gasteiger partial charge in [0.2, 0.25) is 10.0 Å². The number of rotatable bonds is 4. The number of hydrogen-bond donors (Lipinski definition) is 1. The number of nitrogens with two attached hydrogens (primary N) is 1. The van der Waals surface area contributed by atoms with Crippen LogP contribution in [0.5, 0.6) is 0 Å². The maximum Gasteiger partial charge on any atom is 0.340 e. The number of primary sulfonamides is 1. The first-order valence-corrected chi connectivity index (χ1v) is 10.5. The quantitative estimate of drug-likeness (QED) is 0.814. The molecule has 0 amide bonds. The summed E-state index contributed by atoms with van der Waals surface area (Å²) in [5.41, 5.74) is 2.24. The summed E-state index contributed by atoms with van der Waals surface area (Å²) in [6, 6.07) is 14.8. The van der Waals surface area contributed by atoms with Crippen molar-refractivity contribution in [1.29, 1.82) is 0 Å². The van der Waals surface area contributed by atoms with Crippen LogP contribution < -0.4 is 10.0 Å². The van der Waals surface area contributed by atoms with Crippen molar-refractivity contribution in [1.82, 2.24) is 0 Å². The van der Waals surface area contributed by atoms with Gasteiger partial charge in [0, 0.05) is 13.1 Å². The summed E-state index contributed by atoms with van der Waals surface area (Å²) in [7, 11) is -2.61. The van der Waals surface area contributed by atoms with Crippen LogP contribution in [0, 0.1) is 0 Å². The van der Waals surface area contributed by atoms with Crippen molar-refractivity contribution in [2.24, 2.45) is 5.14 Å². The van der Waals surface area contributed by atoms with E-state index >= 15 is 0 Å². The highest BCUT2D eigenvalue weighted by Crippen LogP contribution is 2.32. The topological polar surface area (TPSA) is 89.7 Å². The van der Waals surface area contributed by atoms with E-state index in [9.17, 15) is 13.2 Å². The molecule has 0 spiro atoms. The normalized spacial score (nSPS) is 18.0. The first kappa shape index (κ1) is 19.4. The Hall–Kier alpha value is -2.38. The summed E-state index contributed by atoms with van der Waals surface area (Å²) in [4.78, 5) is 14.3. The van der Waals surface area contributed by atoms with E-state index in [1.54, 1.807) is 6.07 Å². The van der Waals surface area contributed by atoms with Gasteiger partial charge in [0.1, 0.15) is 0 Å². The molecule has 1 saturated heterocycles. The SMILES string of the molecule is COC(=O)c1cc(S(N)(=O)=O)ccc1N1CCCC(c2ccccc2)CC1. The molecule has 7 heteroatoms. The second-order valence-corrected chi connectivity index (χ2v) is 8.30. The monoisotopic (exact) mass is 388 g/mol. The van der Waals surface area contributed by atoms with Crippen molar-refractivity contribution in [2.75, 3.05) is 25.1 Å². The van der Waals surface area contributed by atoms with E-state index in [4.69, 9.17) is 9.88 Å². The Labute approximate surface area is 160 Å². The lowest BCUT2D eigenvalue weighted by Crippen LogP contribution is -2.27. The maximum absolute atomic E-state index is 12.2. The van der Waals surface area contributed by atoms with Crippen molar-refractivity contribution in [3.63, 3.8) is 0 Å². The molecule has 0 saturated carbocycles. The molecule has 2 aromatic rings. The van der Waals surface area contributed by atoms with Crippen LogP contribution in [0.25, 0.3) is 0 Å². The van der Waals surface area contributed by atoms with Crippen molar-refractivity contribution in [3.05, 3.63) is 59.7 Å². The molecule has 2 aromatic carbocycles. The lowest BCUT2D eigenvalue weighted by atomic mass is 9.92. The van der Waals surface area contributed by atoms with Crippen LogP contribution in [-0.4, -0.2) is 34.6 Å². The number of esters is 1. The third kappa shape index (κ3) is 4.48. The fraction of sp³-hybridized carbons (Fsp3) is 0.350. The molecule has 3 rings (SSSR count). The molecule has 1 atom stereocenters. The largest absolute Gasteiger partial charge is 0.465 e. The molecule has 0 radical (unpaired) electrons. The minimum atomic E-state index is -3.89. The summed E-state index contributed by atoms with van der Waals surface area (Å²) in [6.07, 6.45) is 3.02. The average Bonchev–Trinajstić information content (AvgIpc) is 2.93. The number of ether oxygens (including phenoxy) is 1. The first-order chi connectivity index (χ1) is 12.9. The predicted octanol–water partition coefficient (Wildman–Crippen LogP) is 2.89. The zero-order valence-electron chi connectivity index (χ0n) is 15.3. The Kier molecular flexibility index (Phi) is 5.82. The van der Waals surface area contributed by atoms with Crippen LogP contribution in [0.4, 0.5) is 5.69 Å². The second-order valence-electron chi connectivity index (χ2n) is 6.74. The molecule has 6 nitrogen and oxygen atoms in total. The van der Waals surface area contributed by atoms with Crippen molar-refractivity contribution in [3.8, 4) is 0 Å². The van der Waals surface area contributed by atoms with Gasteiger partial charge in [-0.25, -0.2) is 18.4 Å². The van der Waals surface area contributed by atoms with Crippen LogP contribution in [0.2, 0.25) is 0 Å². The molecular formula is C20H24N2O4S. The maximum atomic E-state index is 12.2. The van der Waals surface area contributed by atoms with Crippen LogP contribution in [-0.2, 0) is 14.8 Å². The summed E-state index contributed by atoms with van der Waals surface area (Å²) in [5.74, 6) is -0.0965. The highest BCUT2D eigenvalue weighted by atomic mass is 32.2. The number of anilines is 1. The second kappa shape index (κ2) is 8.10. The summed E-state index contributed by atoms with van der Waals surface area (Å²) >= 11 is 0. The van der Waals surface area contributed by atoms with Gasteiger partial charge in [-0.1, -0.05) is 30.3 Å². The highest BCUT2D eigenvalue weighted by Gasteiger charge is 2.24. The van der Waals surface area contributed by atoms with Gasteiger partial charge < -0.3 is 9.64 Å². The summed E-state index contributed by atoms with van der Waals surface area (Å²) < 4.78 is 28.2. The van der Waals surface area contributed by atoms with Gasteiger partial charge >= 0.3 is 5.97 Å². The third-order valence-corrected chi connectivity index (χ3v) is 5.95. The van der Waals surface area contributed by atoms with Gasteiger partial charge in [-0.3, -0.25) is 0 Å². The van der Waals surface area contributed by atoms with Gasteiger partial charge in [-0.2, -0.15) is 0 Å². The molecule has 0 aliphatic carbocycles.